The molecule has 0 unspecified atom stereocenters. The fourth-order valence-corrected chi connectivity index (χ4v) is 1.53. The highest BCUT2D eigenvalue weighted by atomic mass is 16.5. The average Bonchev–Trinajstić information content (AvgIpc) is 2.44. The van der Waals surface area contributed by atoms with Gasteiger partial charge in [-0.15, -0.1) is 0 Å². The van der Waals surface area contributed by atoms with Crippen LogP contribution in [0.1, 0.15) is 11.3 Å². The lowest BCUT2D eigenvalue weighted by atomic mass is 10.2. The molecule has 21 heavy (non-hydrogen) atoms. The lowest BCUT2D eigenvalue weighted by Gasteiger charge is -2.10. The Morgan fingerprint density at radius 3 is 2.81 bits per heavy atom. The first-order chi connectivity index (χ1) is 10.1. The summed E-state index contributed by atoms with van der Waals surface area (Å²) in [6, 6.07) is 1.83. The Bertz CT molecular complexity index is 517. The summed E-state index contributed by atoms with van der Waals surface area (Å²) in [4.78, 5) is 26.9. The third kappa shape index (κ3) is 6.05. The molecule has 0 spiro atoms. The zero-order chi connectivity index (χ0) is 15.7. The highest BCUT2D eigenvalue weighted by Crippen LogP contribution is 2.15. The molecule has 114 valence electrons. The fourth-order valence-electron chi connectivity index (χ4n) is 1.53. The van der Waals surface area contributed by atoms with Gasteiger partial charge in [-0.1, -0.05) is 0 Å². The molecule has 1 heterocycles. The van der Waals surface area contributed by atoms with Crippen molar-refractivity contribution in [2.24, 2.45) is 5.73 Å². The molecule has 0 aliphatic rings. The second-order valence-electron chi connectivity index (χ2n) is 4.27. The second-order valence-corrected chi connectivity index (χ2v) is 4.27. The fraction of sp³-hybridized carbons (Fsp3) is 0.357. The first kappa shape index (κ1) is 16.6. The summed E-state index contributed by atoms with van der Waals surface area (Å²) < 4.78 is 10.3. The minimum Gasteiger partial charge on any atom is -0.490 e. The molecule has 0 saturated carbocycles. The zero-order valence-electron chi connectivity index (χ0n) is 12.1. The quantitative estimate of drug-likeness (QED) is 0.523. The topological polar surface area (TPSA) is 94.8 Å². The summed E-state index contributed by atoms with van der Waals surface area (Å²) in [5.74, 6) is 0.0596. The van der Waals surface area contributed by atoms with Crippen molar-refractivity contribution in [3.8, 4) is 5.75 Å². The molecule has 7 nitrogen and oxygen atoms in total. The highest BCUT2D eigenvalue weighted by Gasteiger charge is 2.03. The molecule has 0 bridgehead atoms. The van der Waals surface area contributed by atoms with Gasteiger partial charge in [0.05, 0.1) is 18.5 Å². The first-order valence-electron chi connectivity index (χ1n) is 6.32. The zero-order valence-corrected chi connectivity index (χ0v) is 12.1. The Labute approximate surface area is 123 Å². The number of carbonyl (C=O) groups excluding carboxylic acids is 2. The van der Waals surface area contributed by atoms with E-state index in [1.807, 2.05) is 13.0 Å². The Morgan fingerprint density at radius 2 is 2.24 bits per heavy atom. The van der Waals surface area contributed by atoms with Gasteiger partial charge in [0.2, 0.25) is 12.3 Å². The van der Waals surface area contributed by atoms with Crippen molar-refractivity contribution in [2.45, 2.75) is 6.92 Å². The molecule has 1 aromatic rings. The van der Waals surface area contributed by atoms with Gasteiger partial charge in [0.15, 0.2) is 0 Å². The monoisotopic (exact) mass is 293 g/mol. The number of hydrogen-bond donors (Lipinski definition) is 1. The van der Waals surface area contributed by atoms with Crippen LogP contribution >= 0.6 is 0 Å². The van der Waals surface area contributed by atoms with E-state index in [1.165, 1.54) is 6.20 Å². The molecule has 2 N–H and O–H groups in total. The Balaban J connectivity index is 2.70. The summed E-state index contributed by atoms with van der Waals surface area (Å²) in [5.41, 5.74) is 6.58. The van der Waals surface area contributed by atoms with Gasteiger partial charge in [0.25, 0.3) is 0 Å². The number of ether oxygens (including phenoxy) is 2. The van der Waals surface area contributed by atoms with E-state index in [0.717, 1.165) is 10.5 Å². The summed E-state index contributed by atoms with van der Waals surface area (Å²) >= 11 is 0. The van der Waals surface area contributed by atoms with Crippen molar-refractivity contribution < 1.29 is 19.1 Å². The molecular formula is C14H19N3O4. The van der Waals surface area contributed by atoms with Gasteiger partial charge < -0.3 is 20.1 Å². The molecule has 7 heteroatoms. The van der Waals surface area contributed by atoms with Crippen molar-refractivity contribution >= 4 is 18.4 Å². The smallest absolute Gasteiger partial charge is 0.237 e. The molecular weight excluding hydrogens is 274 g/mol. The van der Waals surface area contributed by atoms with Crippen LogP contribution in [0.3, 0.4) is 0 Å². The van der Waals surface area contributed by atoms with E-state index < -0.39 is 5.91 Å². The van der Waals surface area contributed by atoms with Crippen LogP contribution in [-0.2, 0) is 14.3 Å². The largest absolute Gasteiger partial charge is 0.490 e. The van der Waals surface area contributed by atoms with Gasteiger partial charge >= 0.3 is 0 Å². The summed E-state index contributed by atoms with van der Waals surface area (Å²) in [6.45, 7) is 2.65. The molecule has 0 atom stereocenters. The van der Waals surface area contributed by atoms with Gasteiger partial charge in [0, 0.05) is 13.3 Å². The van der Waals surface area contributed by atoms with Crippen LogP contribution in [0.25, 0.3) is 6.08 Å². The van der Waals surface area contributed by atoms with E-state index in [9.17, 15) is 9.59 Å². The maximum absolute atomic E-state index is 10.8. The van der Waals surface area contributed by atoms with E-state index in [4.69, 9.17) is 15.2 Å². The second kappa shape index (κ2) is 8.70. The van der Waals surface area contributed by atoms with Crippen LogP contribution in [0.5, 0.6) is 5.75 Å². The average molecular weight is 293 g/mol. The first-order valence-corrected chi connectivity index (χ1v) is 6.32. The Morgan fingerprint density at radius 1 is 1.48 bits per heavy atom. The number of rotatable bonds is 9. The summed E-state index contributed by atoms with van der Waals surface area (Å²) in [5, 5.41) is 0. The third-order valence-electron chi connectivity index (χ3n) is 2.55. The van der Waals surface area contributed by atoms with Crippen molar-refractivity contribution in [1.29, 1.82) is 0 Å². The number of nitrogens with two attached hydrogens (primary N) is 1. The lowest BCUT2D eigenvalue weighted by Crippen LogP contribution is -2.28. The van der Waals surface area contributed by atoms with E-state index >= 15 is 0 Å². The van der Waals surface area contributed by atoms with E-state index in [-0.39, 0.29) is 6.54 Å². The number of aryl methyl sites for hydroxylation is 1. The Kier molecular flexibility index (Phi) is 6.90. The molecule has 1 aromatic heterocycles. The van der Waals surface area contributed by atoms with Crippen LogP contribution in [0.2, 0.25) is 0 Å². The minimum atomic E-state index is -0.585. The predicted octanol–water partition coefficient (Wildman–Crippen LogP) is 0.330. The number of amides is 2. The normalized spacial score (nSPS) is 10.6. The van der Waals surface area contributed by atoms with E-state index in [2.05, 4.69) is 4.98 Å². The van der Waals surface area contributed by atoms with Crippen molar-refractivity contribution in [1.82, 2.24) is 9.88 Å². The van der Waals surface area contributed by atoms with Crippen molar-refractivity contribution in [3.05, 3.63) is 29.7 Å². The number of hydrogen-bond acceptors (Lipinski definition) is 5. The number of carbonyl (C=O) groups is 2. The van der Waals surface area contributed by atoms with Gasteiger partial charge in [-0.05, 0) is 24.6 Å². The molecule has 0 radical (unpaired) electrons. The standard InChI is InChI=1S/C14H19N3O4/c1-11-7-12(21-6-5-20-2)8-16-13(11)3-4-17(10-18)9-14(15)19/h3-4,7-8,10H,5-6,9H2,1-2H3,(H2,15,19)/b4-3-. The van der Waals surface area contributed by atoms with Gasteiger partial charge in [-0.2, -0.15) is 0 Å². The maximum atomic E-state index is 10.8. The predicted molar refractivity (Wildman–Crippen MR) is 77.3 cm³/mol. The molecule has 0 aliphatic heterocycles. The molecule has 1 rings (SSSR count). The van der Waals surface area contributed by atoms with Gasteiger partial charge in [-0.3, -0.25) is 14.6 Å². The SMILES string of the molecule is COCCOc1cnc(/C=C\N(C=O)CC(N)=O)c(C)c1. The van der Waals surface area contributed by atoms with Crippen LogP contribution in [0, 0.1) is 6.92 Å². The summed E-state index contributed by atoms with van der Waals surface area (Å²) in [6.07, 6.45) is 5.20. The minimum absolute atomic E-state index is 0.169. The van der Waals surface area contributed by atoms with Crippen molar-refractivity contribution in [3.63, 3.8) is 0 Å². The van der Waals surface area contributed by atoms with Gasteiger partial charge in [-0.25, -0.2) is 0 Å². The number of primary amides is 1. The third-order valence-corrected chi connectivity index (χ3v) is 2.55. The van der Waals surface area contributed by atoms with Crippen molar-refractivity contribution in [2.75, 3.05) is 26.9 Å². The number of aromatic nitrogens is 1. The maximum Gasteiger partial charge on any atom is 0.237 e. The molecule has 0 saturated heterocycles. The van der Waals surface area contributed by atoms with Gasteiger partial charge in [0.1, 0.15) is 18.9 Å². The number of pyridine rings is 1. The van der Waals surface area contributed by atoms with E-state index in [1.54, 1.807) is 19.4 Å². The molecule has 0 aliphatic carbocycles. The molecule has 0 aromatic carbocycles. The number of nitrogens with zero attached hydrogens (tertiary/aromatic N) is 2. The van der Waals surface area contributed by atoms with E-state index in [0.29, 0.717) is 31.1 Å². The molecule has 2 amide bonds. The molecule has 0 fully saturated rings. The highest BCUT2D eigenvalue weighted by molar-refractivity contribution is 5.78. The van der Waals surface area contributed by atoms with Crippen LogP contribution < -0.4 is 10.5 Å². The summed E-state index contributed by atoms with van der Waals surface area (Å²) in [7, 11) is 1.60. The Hall–Kier alpha value is -2.41. The van der Waals surface area contributed by atoms with Crippen LogP contribution in [0.15, 0.2) is 18.5 Å². The van der Waals surface area contributed by atoms with Crippen LogP contribution in [0.4, 0.5) is 0 Å². The number of methoxy groups -OCH3 is 1. The lowest BCUT2D eigenvalue weighted by molar-refractivity contribution is -0.124. The van der Waals surface area contributed by atoms with Crippen LogP contribution in [-0.4, -0.2) is 49.1 Å².